The number of ether oxygens (including phenoxy) is 1. The van der Waals surface area contributed by atoms with Crippen LogP contribution in [0.4, 0.5) is 8.78 Å². The van der Waals surface area contributed by atoms with Gasteiger partial charge >= 0.3 is 0 Å². The summed E-state index contributed by atoms with van der Waals surface area (Å²) in [6, 6.07) is 3.19. The zero-order valence-corrected chi connectivity index (χ0v) is 12.5. The lowest BCUT2D eigenvalue weighted by Gasteiger charge is -2.22. The molecular formula is C14H17ClF2N2O2. The first kappa shape index (κ1) is 16.1. The molecule has 0 spiro atoms. The summed E-state index contributed by atoms with van der Waals surface area (Å²) < 4.78 is 32.4. The van der Waals surface area contributed by atoms with E-state index in [2.05, 4.69) is 10.6 Å². The first-order valence-corrected chi connectivity index (χ1v) is 6.98. The summed E-state index contributed by atoms with van der Waals surface area (Å²) in [6.45, 7) is 1.69. The average Bonchev–Trinajstić information content (AvgIpc) is 2.82. The topological polar surface area (TPSA) is 50.4 Å². The van der Waals surface area contributed by atoms with E-state index in [9.17, 15) is 13.6 Å². The molecule has 1 aromatic carbocycles. The Morgan fingerprint density at radius 1 is 1.57 bits per heavy atom. The fraction of sp³-hybridized carbons (Fsp3) is 0.500. The number of halogens is 3. The number of nitrogens with one attached hydrogen (secondary N) is 2. The van der Waals surface area contributed by atoms with E-state index in [1.807, 2.05) is 0 Å². The van der Waals surface area contributed by atoms with Gasteiger partial charge in [0.2, 0.25) is 5.91 Å². The van der Waals surface area contributed by atoms with Crippen molar-refractivity contribution < 1.29 is 18.3 Å². The highest BCUT2D eigenvalue weighted by Crippen LogP contribution is 2.24. The third-order valence-electron chi connectivity index (χ3n) is 3.58. The van der Waals surface area contributed by atoms with Gasteiger partial charge in [0.25, 0.3) is 0 Å². The predicted octanol–water partition coefficient (Wildman–Crippen LogP) is 1.98. The number of carbonyl (C=O) groups is 1. The van der Waals surface area contributed by atoms with Crippen molar-refractivity contribution in [2.45, 2.75) is 31.3 Å². The molecule has 0 aliphatic carbocycles. The van der Waals surface area contributed by atoms with Crippen molar-refractivity contribution in [1.82, 2.24) is 10.6 Å². The van der Waals surface area contributed by atoms with Gasteiger partial charge in [0, 0.05) is 19.2 Å². The number of alkyl halides is 1. The van der Waals surface area contributed by atoms with Crippen molar-refractivity contribution in [2.24, 2.45) is 0 Å². The molecule has 1 amide bonds. The van der Waals surface area contributed by atoms with E-state index in [0.717, 1.165) is 0 Å². The van der Waals surface area contributed by atoms with E-state index in [4.69, 9.17) is 16.3 Å². The van der Waals surface area contributed by atoms with Crippen LogP contribution in [-0.2, 0) is 9.53 Å². The molecule has 0 unspecified atom stereocenters. The van der Waals surface area contributed by atoms with Gasteiger partial charge in [-0.1, -0.05) is 23.7 Å². The summed E-state index contributed by atoms with van der Waals surface area (Å²) in [5.74, 6) is -1.01. The third-order valence-corrected chi connectivity index (χ3v) is 3.87. The van der Waals surface area contributed by atoms with Gasteiger partial charge in [0.05, 0.1) is 11.1 Å². The van der Waals surface area contributed by atoms with Gasteiger partial charge in [-0.3, -0.25) is 4.79 Å². The Hall–Kier alpha value is -1.24. The molecule has 0 bridgehead atoms. The normalized spacial score (nSPS) is 26.6. The summed E-state index contributed by atoms with van der Waals surface area (Å²) in [4.78, 5) is 12.2. The summed E-state index contributed by atoms with van der Waals surface area (Å²) >= 11 is 5.72. The molecule has 1 heterocycles. The molecule has 2 N–H and O–H groups in total. The smallest absolute Gasteiger partial charge is 0.240 e. The number of rotatable bonds is 4. The van der Waals surface area contributed by atoms with Crippen molar-refractivity contribution >= 4 is 17.5 Å². The first-order chi connectivity index (χ1) is 9.95. The molecule has 21 heavy (non-hydrogen) atoms. The molecule has 1 aliphatic rings. The minimum Gasteiger partial charge on any atom is -0.376 e. The Kier molecular flexibility index (Phi) is 5.13. The monoisotopic (exact) mass is 318 g/mol. The van der Waals surface area contributed by atoms with Gasteiger partial charge in [0.15, 0.2) is 0 Å². The lowest BCUT2D eigenvalue weighted by molar-refractivity contribution is -0.126. The Morgan fingerprint density at radius 3 is 2.95 bits per heavy atom. The average molecular weight is 319 g/mol. The minimum absolute atomic E-state index is 0.00817. The van der Waals surface area contributed by atoms with Crippen LogP contribution in [0.5, 0.6) is 0 Å². The number of amides is 1. The Balaban J connectivity index is 2.07. The molecule has 1 aliphatic heterocycles. The first-order valence-electron chi connectivity index (χ1n) is 6.60. The molecule has 7 heteroatoms. The third kappa shape index (κ3) is 3.33. The molecule has 116 valence electrons. The maximum absolute atomic E-state index is 13.9. The van der Waals surface area contributed by atoms with E-state index in [1.54, 1.807) is 19.1 Å². The number of carbonyl (C=O) groups excluding carboxylic acids is 1. The summed E-state index contributed by atoms with van der Waals surface area (Å²) in [6.07, 6.45) is -2.09. The van der Waals surface area contributed by atoms with Crippen LogP contribution in [-0.4, -0.2) is 37.9 Å². The van der Waals surface area contributed by atoms with E-state index < -0.39 is 36.1 Å². The molecule has 0 radical (unpaired) electrons. The fourth-order valence-electron chi connectivity index (χ4n) is 2.44. The van der Waals surface area contributed by atoms with E-state index in [1.165, 1.54) is 13.2 Å². The van der Waals surface area contributed by atoms with Crippen molar-refractivity contribution in [1.29, 1.82) is 0 Å². The molecule has 1 saturated heterocycles. The van der Waals surface area contributed by atoms with Gasteiger partial charge in [-0.25, -0.2) is 8.78 Å². The molecule has 4 atom stereocenters. The zero-order valence-electron chi connectivity index (χ0n) is 11.7. The van der Waals surface area contributed by atoms with Gasteiger partial charge in [-0.2, -0.15) is 0 Å². The van der Waals surface area contributed by atoms with Crippen LogP contribution in [0.15, 0.2) is 18.2 Å². The predicted molar refractivity (Wildman–Crippen MR) is 75.5 cm³/mol. The van der Waals surface area contributed by atoms with E-state index in [-0.39, 0.29) is 17.1 Å². The Bertz CT molecular complexity index is 530. The van der Waals surface area contributed by atoms with Crippen molar-refractivity contribution in [3.63, 3.8) is 0 Å². The maximum atomic E-state index is 13.9. The van der Waals surface area contributed by atoms with Crippen LogP contribution in [0.2, 0.25) is 5.02 Å². The van der Waals surface area contributed by atoms with Crippen molar-refractivity contribution in [3.05, 3.63) is 34.6 Å². The Morgan fingerprint density at radius 2 is 2.29 bits per heavy atom. The second-order valence-corrected chi connectivity index (χ2v) is 5.38. The zero-order chi connectivity index (χ0) is 15.6. The second-order valence-electron chi connectivity index (χ2n) is 4.98. The van der Waals surface area contributed by atoms with Crippen LogP contribution in [0.1, 0.15) is 18.5 Å². The summed E-state index contributed by atoms with van der Waals surface area (Å²) in [5, 5.41) is 5.39. The molecule has 0 saturated carbocycles. The largest absolute Gasteiger partial charge is 0.376 e. The highest BCUT2D eigenvalue weighted by Gasteiger charge is 2.41. The van der Waals surface area contributed by atoms with Gasteiger partial charge in [-0.05, 0) is 13.0 Å². The summed E-state index contributed by atoms with van der Waals surface area (Å²) in [5.41, 5.74) is 0.277. The molecule has 1 aromatic rings. The lowest BCUT2D eigenvalue weighted by Crippen LogP contribution is -2.48. The minimum atomic E-state index is -1.25. The van der Waals surface area contributed by atoms with Gasteiger partial charge < -0.3 is 15.4 Å². The van der Waals surface area contributed by atoms with Crippen molar-refractivity contribution in [2.75, 3.05) is 13.7 Å². The van der Waals surface area contributed by atoms with Crippen LogP contribution >= 0.6 is 11.6 Å². The highest BCUT2D eigenvalue weighted by atomic mass is 35.5. The standard InChI is InChI=1S/C14H17ClF2N2O2/c1-7(8-4-3-5-9(15)11(8)17)19-14(20)12-13(21-2)10(16)6-18-12/h3-5,7,10,12-13,18H,6H2,1-2H3,(H,19,20)/t7-,10-,12-,13+/m0/s1. The Labute approximate surface area is 126 Å². The maximum Gasteiger partial charge on any atom is 0.240 e. The SMILES string of the molecule is CO[C@H]1[C@@H](C(=O)N[C@@H](C)c2cccc(Cl)c2F)NC[C@@H]1F. The summed E-state index contributed by atoms with van der Waals surface area (Å²) in [7, 11) is 1.35. The molecular weight excluding hydrogens is 302 g/mol. The molecule has 4 nitrogen and oxygen atoms in total. The van der Waals surface area contributed by atoms with Crippen LogP contribution in [0.25, 0.3) is 0 Å². The number of methoxy groups -OCH3 is 1. The van der Waals surface area contributed by atoms with E-state index >= 15 is 0 Å². The number of hydrogen-bond acceptors (Lipinski definition) is 3. The molecule has 1 fully saturated rings. The second kappa shape index (κ2) is 6.68. The van der Waals surface area contributed by atoms with E-state index in [0.29, 0.717) is 0 Å². The van der Waals surface area contributed by atoms with Crippen LogP contribution in [0, 0.1) is 5.82 Å². The van der Waals surface area contributed by atoms with Gasteiger partial charge in [-0.15, -0.1) is 0 Å². The fourth-order valence-corrected chi connectivity index (χ4v) is 2.62. The number of benzene rings is 1. The van der Waals surface area contributed by atoms with Crippen molar-refractivity contribution in [3.8, 4) is 0 Å². The highest BCUT2D eigenvalue weighted by molar-refractivity contribution is 6.30. The molecule has 2 rings (SSSR count). The van der Waals surface area contributed by atoms with Crippen LogP contribution in [0.3, 0.4) is 0 Å². The molecule has 0 aromatic heterocycles. The number of hydrogen-bond donors (Lipinski definition) is 2. The van der Waals surface area contributed by atoms with Gasteiger partial charge in [0.1, 0.15) is 24.1 Å². The van der Waals surface area contributed by atoms with Crippen LogP contribution < -0.4 is 10.6 Å². The lowest BCUT2D eigenvalue weighted by atomic mass is 10.1. The quantitative estimate of drug-likeness (QED) is 0.892.